The van der Waals surface area contributed by atoms with Gasteiger partial charge in [0.2, 0.25) is 11.0 Å². The Hall–Kier alpha value is -2.47. The van der Waals surface area contributed by atoms with Crippen molar-refractivity contribution >= 4 is 57.1 Å². The van der Waals surface area contributed by atoms with Gasteiger partial charge in [0, 0.05) is 18.0 Å². The lowest BCUT2D eigenvalue weighted by Gasteiger charge is -2.25. The number of hydrogen-bond donors (Lipinski definition) is 1. The lowest BCUT2D eigenvalue weighted by molar-refractivity contribution is -0.113. The van der Waals surface area contributed by atoms with E-state index in [-0.39, 0.29) is 18.3 Å². The van der Waals surface area contributed by atoms with E-state index in [1.807, 2.05) is 36.4 Å². The van der Waals surface area contributed by atoms with Gasteiger partial charge in [0.25, 0.3) is 0 Å². The third-order valence-electron chi connectivity index (χ3n) is 4.53. The molecular weight excluding hydrogens is 468 g/mol. The predicted octanol–water partition coefficient (Wildman–Crippen LogP) is 4.01. The maximum absolute atomic E-state index is 12.6. The summed E-state index contributed by atoms with van der Waals surface area (Å²) in [7, 11) is 0. The fourth-order valence-corrected chi connectivity index (χ4v) is 5.74. The minimum Gasteiger partial charge on any atom is -0.462 e. The van der Waals surface area contributed by atoms with Crippen LogP contribution in [0.4, 0.5) is 10.8 Å². The van der Waals surface area contributed by atoms with Crippen molar-refractivity contribution in [3.63, 3.8) is 0 Å². The summed E-state index contributed by atoms with van der Waals surface area (Å²) in [5.74, 6) is -0.501. The Labute approximate surface area is 197 Å². The summed E-state index contributed by atoms with van der Waals surface area (Å²) in [6, 6.07) is 11.5. The third-order valence-corrected chi connectivity index (χ3v) is 7.81. The van der Waals surface area contributed by atoms with E-state index in [4.69, 9.17) is 9.47 Å². The number of aromatic nitrogens is 2. The largest absolute Gasteiger partial charge is 0.462 e. The number of anilines is 2. The van der Waals surface area contributed by atoms with Gasteiger partial charge in [-0.05, 0) is 18.6 Å². The zero-order valence-electron chi connectivity index (χ0n) is 17.4. The first kappa shape index (κ1) is 22.7. The van der Waals surface area contributed by atoms with Crippen molar-refractivity contribution in [3.8, 4) is 10.4 Å². The molecule has 1 aliphatic heterocycles. The van der Waals surface area contributed by atoms with Crippen LogP contribution in [-0.2, 0) is 14.3 Å². The zero-order chi connectivity index (χ0) is 22.3. The van der Waals surface area contributed by atoms with Crippen LogP contribution in [-0.4, -0.2) is 60.7 Å². The number of carbonyl (C=O) groups is 2. The highest BCUT2D eigenvalue weighted by Gasteiger charge is 2.21. The summed E-state index contributed by atoms with van der Waals surface area (Å²) in [4.78, 5) is 28.4. The van der Waals surface area contributed by atoms with E-state index in [0.29, 0.717) is 23.8 Å². The number of esters is 1. The van der Waals surface area contributed by atoms with E-state index >= 15 is 0 Å². The molecule has 2 aromatic heterocycles. The van der Waals surface area contributed by atoms with Crippen molar-refractivity contribution in [1.82, 2.24) is 10.2 Å². The van der Waals surface area contributed by atoms with Crippen molar-refractivity contribution in [2.75, 3.05) is 48.9 Å². The Balaban J connectivity index is 1.41. The number of benzene rings is 1. The van der Waals surface area contributed by atoms with Crippen molar-refractivity contribution < 1.29 is 19.1 Å². The molecule has 0 radical (unpaired) electrons. The van der Waals surface area contributed by atoms with E-state index in [9.17, 15) is 9.59 Å². The summed E-state index contributed by atoms with van der Waals surface area (Å²) in [5.41, 5.74) is 1.44. The molecule has 4 rings (SSSR count). The molecule has 8 nitrogen and oxygen atoms in total. The zero-order valence-corrected chi connectivity index (χ0v) is 19.9. The molecule has 1 amide bonds. The van der Waals surface area contributed by atoms with Crippen molar-refractivity contribution in [3.05, 3.63) is 41.3 Å². The second-order valence-corrected chi connectivity index (χ2v) is 9.96. The van der Waals surface area contributed by atoms with E-state index in [1.54, 1.807) is 6.92 Å². The Kier molecular flexibility index (Phi) is 7.74. The normalized spacial score (nSPS) is 13.7. The Morgan fingerprint density at radius 3 is 2.72 bits per heavy atom. The van der Waals surface area contributed by atoms with Crippen LogP contribution in [0.3, 0.4) is 0 Å². The SMILES string of the molecule is CCOC(=O)c1sc(-c2ccccc2)cc1NC(=O)CSc1nnc(N2CCOCC2)s1. The maximum Gasteiger partial charge on any atom is 0.350 e. The predicted molar refractivity (Wildman–Crippen MR) is 128 cm³/mol. The number of ether oxygens (including phenoxy) is 2. The molecule has 11 heteroatoms. The molecule has 168 valence electrons. The number of nitrogens with one attached hydrogen (secondary N) is 1. The molecule has 1 fully saturated rings. The van der Waals surface area contributed by atoms with Crippen LogP contribution in [0, 0.1) is 0 Å². The molecule has 1 N–H and O–H groups in total. The van der Waals surface area contributed by atoms with Gasteiger partial charge in [-0.2, -0.15) is 0 Å². The number of rotatable bonds is 8. The van der Waals surface area contributed by atoms with Crippen LogP contribution < -0.4 is 10.2 Å². The summed E-state index contributed by atoms with van der Waals surface area (Å²) < 4.78 is 11.3. The first-order valence-corrected chi connectivity index (χ1v) is 12.7. The molecule has 0 unspecified atom stereocenters. The van der Waals surface area contributed by atoms with Gasteiger partial charge in [0.15, 0.2) is 4.34 Å². The van der Waals surface area contributed by atoms with Crippen LogP contribution >= 0.6 is 34.4 Å². The molecule has 0 spiro atoms. The van der Waals surface area contributed by atoms with Crippen molar-refractivity contribution in [2.45, 2.75) is 11.3 Å². The number of amides is 1. The molecule has 0 bridgehead atoms. The first-order valence-electron chi connectivity index (χ1n) is 10.1. The van der Waals surface area contributed by atoms with Gasteiger partial charge < -0.3 is 19.7 Å². The van der Waals surface area contributed by atoms with E-state index in [1.165, 1.54) is 34.4 Å². The summed E-state index contributed by atoms with van der Waals surface area (Å²) in [6.45, 7) is 4.96. The maximum atomic E-state index is 12.6. The molecule has 32 heavy (non-hydrogen) atoms. The van der Waals surface area contributed by atoms with Crippen LogP contribution in [0.25, 0.3) is 10.4 Å². The topological polar surface area (TPSA) is 93.6 Å². The molecule has 0 atom stereocenters. The molecule has 0 saturated carbocycles. The monoisotopic (exact) mass is 490 g/mol. The van der Waals surface area contributed by atoms with Crippen molar-refractivity contribution in [2.24, 2.45) is 0 Å². The fraction of sp³-hybridized carbons (Fsp3) is 0.333. The smallest absolute Gasteiger partial charge is 0.350 e. The van der Waals surface area contributed by atoms with Crippen LogP contribution in [0.15, 0.2) is 40.7 Å². The van der Waals surface area contributed by atoms with Gasteiger partial charge in [-0.1, -0.05) is 53.4 Å². The second kappa shape index (κ2) is 10.9. The summed E-state index contributed by atoms with van der Waals surface area (Å²) in [5, 5.41) is 12.1. The first-order chi connectivity index (χ1) is 15.6. The molecule has 1 saturated heterocycles. The van der Waals surface area contributed by atoms with Gasteiger partial charge in [0.1, 0.15) is 4.88 Å². The number of hydrogen-bond acceptors (Lipinski definition) is 10. The molecule has 3 aromatic rings. The standard InChI is InChI=1S/C21H22N4O4S3/c1-2-29-19(27)18-15(12-16(31-18)14-6-4-3-5-7-14)22-17(26)13-30-21-24-23-20(32-21)25-8-10-28-11-9-25/h3-7,12H,2,8-11,13H2,1H3,(H,22,26). The number of nitrogens with zero attached hydrogens (tertiary/aromatic N) is 3. The minimum absolute atomic E-state index is 0.163. The minimum atomic E-state index is -0.443. The Bertz CT molecular complexity index is 1060. The summed E-state index contributed by atoms with van der Waals surface area (Å²) >= 11 is 4.09. The van der Waals surface area contributed by atoms with Crippen LogP contribution in [0.5, 0.6) is 0 Å². The van der Waals surface area contributed by atoms with Gasteiger partial charge in [0.05, 0.1) is 31.3 Å². The Morgan fingerprint density at radius 1 is 1.19 bits per heavy atom. The van der Waals surface area contributed by atoms with Crippen molar-refractivity contribution in [1.29, 1.82) is 0 Å². The highest BCUT2D eigenvalue weighted by molar-refractivity contribution is 8.01. The van der Waals surface area contributed by atoms with Gasteiger partial charge >= 0.3 is 5.97 Å². The summed E-state index contributed by atoms with van der Waals surface area (Å²) in [6.07, 6.45) is 0. The lowest BCUT2D eigenvalue weighted by Crippen LogP contribution is -2.36. The number of thiophene rings is 1. The molecule has 1 aromatic carbocycles. The lowest BCUT2D eigenvalue weighted by atomic mass is 10.2. The number of carbonyl (C=O) groups excluding carboxylic acids is 2. The van der Waals surface area contributed by atoms with E-state index in [0.717, 1.165) is 33.0 Å². The van der Waals surface area contributed by atoms with E-state index < -0.39 is 5.97 Å². The second-order valence-electron chi connectivity index (χ2n) is 6.73. The average Bonchev–Trinajstić information content (AvgIpc) is 3.47. The molecule has 3 heterocycles. The van der Waals surface area contributed by atoms with Crippen LogP contribution in [0.2, 0.25) is 0 Å². The molecule has 0 aliphatic carbocycles. The van der Waals surface area contributed by atoms with Crippen LogP contribution in [0.1, 0.15) is 16.6 Å². The molecule has 1 aliphatic rings. The van der Waals surface area contributed by atoms with Gasteiger partial charge in [-0.25, -0.2) is 4.79 Å². The number of thioether (sulfide) groups is 1. The average molecular weight is 491 g/mol. The van der Waals surface area contributed by atoms with Gasteiger partial charge in [-0.15, -0.1) is 21.5 Å². The highest BCUT2D eigenvalue weighted by atomic mass is 32.2. The fourth-order valence-electron chi connectivity index (χ4n) is 3.03. The highest BCUT2D eigenvalue weighted by Crippen LogP contribution is 2.36. The quantitative estimate of drug-likeness (QED) is 0.374. The van der Waals surface area contributed by atoms with Gasteiger partial charge in [-0.3, -0.25) is 4.79 Å². The Morgan fingerprint density at radius 2 is 1.97 bits per heavy atom. The third kappa shape index (κ3) is 5.66. The van der Waals surface area contributed by atoms with E-state index in [2.05, 4.69) is 20.4 Å². The molecular formula is C21H22N4O4S3. The number of morpholine rings is 1.